The van der Waals surface area contributed by atoms with Crippen LogP contribution in [0.3, 0.4) is 0 Å². The average molecular weight is 310 g/mol. The molecule has 0 bridgehead atoms. The van der Waals surface area contributed by atoms with Crippen molar-refractivity contribution in [2.45, 2.75) is 31.5 Å². The maximum atomic E-state index is 11.4. The van der Waals surface area contributed by atoms with Crippen molar-refractivity contribution in [2.24, 2.45) is 5.14 Å². The van der Waals surface area contributed by atoms with Gasteiger partial charge in [0.2, 0.25) is 0 Å². The molecule has 1 aromatic heterocycles. The molecule has 0 amide bonds. The quantitative estimate of drug-likeness (QED) is 0.848. The van der Waals surface area contributed by atoms with Crippen molar-refractivity contribution >= 4 is 10.0 Å². The molecule has 0 unspecified atom stereocenters. The molecule has 0 aliphatic carbocycles. The van der Waals surface area contributed by atoms with E-state index in [-0.39, 0.29) is 5.16 Å². The van der Waals surface area contributed by atoms with E-state index in [0.717, 1.165) is 17.7 Å². The number of benzene rings is 1. The van der Waals surface area contributed by atoms with Crippen molar-refractivity contribution in [3.63, 3.8) is 0 Å². The Morgan fingerprint density at radius 1 is 1.19 bits per heavy atom. The summed E-state index contributed by atoms with van der Waals surface area (Å²) >= 11 is 0. The summed E-state index contributed by atoms with van der Waals surface area (Å²) in [5, 5.41) is 12.5. The molecule has 0 spiro atoms. The number of nitrogens with zero attached hydrogens (tertiary/aromatic N) is 3. The Labute approximate surface area is 123 Å². The topological polar surface area (TPSA) is 100 Å². The van der Waals surface area contributed by atoms with Crippen LogP contribution in [-0.2, 0) is 29.4 Å². The maximum absolute atomic E-state index is 11.4. The third-order valence-corrected chi connectivity index (χ3v) is 3.97. The molecule has 0 radical (unpaired) electrons. The molecular weight excluding hydrogens is 292 g/mol. The number of ether oxygens (including phenoxy) is 1. The fourth-order valence-corrected chi connectivity index (χ4v) is 2.78. The molecule has 2 aromatic rings. The molecule has 7 nitrogen and oxygen atoms in total. The standard InChI is InChI=1S/C13H18N4O3S/c1-3-17-12(15-16-13(17)21(14,18)19)9-6-10-4-7-11(20-2)8-5-10/h4-5,7-8H,3,6,9H2,1-2H3,(H2,14,18,19). The van der Waals surface area contributed by atoms with E-state index in [1.807, 2.05) is 31.2 Å². The van der Waals surface area contributed by atoms with E-state index in [1.165, 1.54) is 4.57 Å². The minimum absolute atomic E-state index is 0.185. The van der Waals surface area contributed by atoms with E-state index in [9.17, 15) is 8.42 Å². The number of methoxy groups -OCH3 is 1. The molecule has 0 atom stereocenters. The summed E-state index contributed by atoms with van der Waals surface area (Å²) < 4.78 is 29.5. The van der Waals surface area contributed by atoms with E-state index in [4.69, 9.17) is 9.88 Å². The molecule has 2 N–H and O–H groups in total. The van der Waals surface area contributed by atoms with Gasteiger partial charge in [-0.3, -0.25) is 0 Å². The molecule has 0 saturated heterocycles. The Morgan fingerprint density at radius 2 is 1.86 bits per heavy atom. The highest BCUT2D eigenvalue weighted by Crippen LogP contribution is 2.14. The molecular formula is C13H18N4O3S. The number of aryl methyl sites for hydroxylation is 2. The van der Waals surface area contributed by atoms with Crippen molar-refractivity contribution in [1.29, 1.82) is 0 Å². The summed E-state index contributed by atoms with van der Waals surface area (Å²) in [6.07, 6.45) is 1.31. The minimum Gasteiger partial charge on any atom is -0.497 e. The van der Waals surface area contributed by atoms with Crippen LogP contribution in [0.2, 0.25) is 0 Å². The highest BCUT2D eigenvalue weighted by atomic mass is 32.2. The molecule has 0 aliphatic rings. The highest BCUT2D eigenvalue weighted by Gasteiger charge is 2.19. The first-order valence-electron chi connectivity index (χ1n) is 6.53. The predicted molar refractivity (Wildman–Crippen MR) is 77.5 cm³/mol. The zero-order chi connectivity index (χ0) is 15.5. The summed E-state index contributed by atoms with van der Waals surface area (Å²) in [5.74, 6) is 1.41. The van der Waals surface area contributed by atoms with Crippen LogP contribution in [0.4, 0.5) is 0 Å². The summed E-state index contributed by atoms with van der Waals surface area (Å²) in [5.41, 5.74) is 1.11. The lowest BCUT2D eigenvalue weighted by atomic mass is 10.1. The van der Waals surface area contributed by atoms with Crippen LogP contribution in [0.1, 0.15) is 18.3 Å². The molecule has 0 saturated carbocycles. The van der Waals surface area contributed by atoms with Crippen molar-refractivity contribution in [2.75, 3.05) is 7.11 Å². The van der Waals surface area contributed by atoms with Crippen LogP contribution in [0.15, 0.2) is 29.4 Å². The van der Waals surface area contributed by atoms with Gasteiger partial charge in [0, 0.05) is 13.0 Å². The summed E-state index contributed by atoms with van der Waals surface area (Å²) in [7, 11) is -2.23. The molecule has 1 heterocycles. The lowest BCUT2D eigenvalue weighted by Crippen LogP contribution is -2.19. The fraction of sp³-hybridized carbons (Fsp3) is 0.385. The first kappa shape index (κ1) is 15.5. The van der Waals surface area contributed by atoms with Crippen LogP contribution in [0, 0.1) is 0 Å². The van der Waals surface area contributed by atoms with Gasteiger partial charge in [-0.1, -0.05) is 12.1 Å². The molecule has 0 fully saturated rings. The lowest BCUT2D eigenvalue weighted by molar-refractivity contribution is 0.414. The number of hydrogen-bond acceptors (Lipinski definition) is 5. The van der Waals surface area contributed by atoms with Gasteiger partial charge in [-0.05, 0) is 31.0 Å². The van der Waals surface area contributed by atoms with Crippen LogP contribution < -0.4 is 9.88 Å². The fourth-order valence-electron chi connectivity index (χ4n) is 2.08. The maximum Gasteiger partial charge on any atom is 0.273 e. The summed E-state index contributed by atoms with van der Waals surface area (Å²) in [6.45, 7) is 2.28. The first-order valence-corrected chi connectivity index (χ1v) is 8.08. The van der Waals surface area contributed by atoms with Crippen LogP contribution >= 0.6 is 0 Å². The van der Waals surface area contributed by atoms with E-state index < -0.39 is 10.0 Å². The normalized spacial score (nSPS) is 11.6. The van der Waals surface area contributed by atoms with Crippen LogP contribution in [0.5, 0.6) is 5.75 Å². The van der Waals surface area contributed by atoms with Gasteiger partial charge >= 0.3 is 0 Å². The van der Waals surface area contributed by atoms with Gasteiger partial charge in [-0.15, -0.1) is 10.2 Å². The Bertz CT molecular complexity index is 708. The Morgan fingerprint density at radius 3 is 2.38 bits per heavy atom. The molecule has 21 heavy (non-hydrogen) atoms. The molecule has 2 rings (SSSR count). The summed E-state index contributed by atoms with van der Waals surface area (Å²) in [4.78, 5) is 0. The second-order valence-electron chi connectivity index (χ2n) is 4.54. The van der Waals surface area contributed by atoms with E-state index in [1.54, 1.807) is 7.11 Å². The van der Waals surface area contributed by atoms with E-state index in [2.05, 4.69) is 10.2 Å². The van der Waals surface area contributed by atoms with E-state index >= 15 is 0 Å². The molecule has 1 aromatic carbocycles. The van der Waals surface area contributed by atoms with Gasteiger partial charge in [0.15, 0.2) is 0 Å². The number of primary sulfonamides is 1. The van der Waals surface area contributed by atoms with Crippen molar-refractivity contribution in [3.8, 4) is 5.75 Å². The van der Waals surface area contributed by atoms with Gasteiger partial charge in [-0.2, -0.15) is 0 Å². The average Bonchev–Trinajstić information content (AvgIpc) is 2.88. The van der Waals surface area contributed by atoms with Gasteiger partial charge in [0.05, 0.1) is 7.11 Å². The van der Waals surface area contributed by atoms with Crippen molar-refractivity contribution < 1.29 is 13.2 Å². The van der Waals surface area contributed by atoms with Gasteiger partial charge in [0.1, 0.15) is 11.6 Å². The SMILES string of the molecule is CCn1c(CCc2ccc(OC)cc2)nnc1S(N)(=O)=O. The van der Waals surface area contributed by atoms with Gasteiger partial charge in [-0.25, -0.2) is 13.6 Å². The number of hydrogen-bond donors (Lipinski definition) is 1. The number of sulfonamides is 1. The first-order chi connectivity index (χ1) is 9.95. The Hall–Kier alpha value is -1.93. The number of aromatic nitrogens is 3. The number of nitrogens with two attached hydrogens (primary N) is 1. The van der Waals surface area contributed by atoms with Crippen molar-refractivity contribution in [1.82, 2.24) is 14.8 Å². The minimum atomic E-state index is -3.84. The second-order valence-corrected chi connectivity index (χ2v) is 5.99. The zero-order valence-electron chi connectivity index (χ0n) is 12.0. The second kappa shape index (κ2) is 6.23. The smallest absolute Gasteiger partial charge is 0.273 e. The third-order valence-electron chi connectivity index (χ3n) is 3.16. The van der Waals surface area contributed by atoms with Crippen molar-refractivity contribution in [3.05, 3.63) is 35.7 Å². The number of rotatable bonds is 6. The predicted octanol–water partition coefficient (Wildman–Crippen LogP) is 0.739. The van der Waals surface area contributed by atoms with Crippen LogP contribution in [0.25, 0.3) is 0 Å². The largest absolute Gasteiger partial charge is 0.497 e. The van der Waals surface area contributed by atoms with Gasteiger partial charge < -0.3 is 9.30 Å². The van der Waals surface area contributed by atoms with E-state index in [0.29, 0.717) is 18.8 Å². The third kappa shape index (κ3) is 3.59. The monoisotopic (exact) mass is 310 g/mol. The van der Waals surface area contributed by atoms with Crippen LogP contribution in [-0.4, -0.2) is 30.3 Å². The van der Waals surface area contributed by atoms with Gasteiger partial charge in [0.25, 0.3) is 15.2 Å². The molecule has 8 heteroatoms. The zero-order valence-corrected chi connectivity index (χ0v) is 12.8. The summed E-state index contributed by atoms with van der Waals surface area (Å²) in [6, 6.07) is 7.70. The molecule has 0 aliphatic heterocycles. The lowest BCUT2D eigenvalue weighted by Gasteiger charge is -2.06. The highest BCUT2D eigenvalue weighted by molar-refractivity contribution is 7.89. The molecule has 114 valence electrons. The Kier molecular flexibility index (Phi) is 4.59. The Balaban J connectivity index is 2.14.